The second-order valence-electron chi connectivity index (χ2n) is 6.40. The highest BCUT2D eigenvalue weighted by Gasteiger charge is 2.14. The molecular weight excluding hydrogens is 368 g/mol. The van der Waals surface area contributed by atoms with Crippen molar-refractivity contribution in [3.8, 4) is 28.1 Å². The quantitative estimate of drug-likeness (QED) is 0.465. The minimum atomic E-state index is 0.491. The Hall–Kier alpha value is -3.51. The van der Waals surface area contributed by atoms with E-state index in [-0.39, 0.29) is 0 Å². The minimum absolute atomic E-state index is 0.491. The highest BCUT2D eigenvalue weighted by atomic mass is 32.1. The van der Waals surface area contributed by atoms with E-state index in [0.29, 0.717) is 5.82 Å². The van der Waals surface area contributed by atoms with E-state index in [9.17, 15) is 0 Å². The van der Waals surface area contributed by atoms with E-state index in [1.54, 1.807) is 18.4 Å². The minimum Gasteiger partial charge on any atom is -0.496 e. The molecule has 5 rings (SSSR count). The molecule has 0 saturated heterocycles. The zero-order valence-corrected chi connectivity index (χ0v) is 15.9. The number of anilines is 1. The van der Waals surface area contributed by atoms with Gasteiger partial charge in [0.05, 0.1) is 23.7 Å². The fourth-order valence-corrected chi connectivity index (χ4v) is 4.32. The molecule has 2 aromatic carbocycles. The van der Waals surface area contributed by atoms with E-state index in [1.165, 1.54) is 6.33 Å². The van der Waals surface area contributed by atoms with Gasteiger partial charge in [0, 0.05) is 28.0 Å². The van der Waals surface area contributed by atoms with Crippen molar-refractivity contribution in [1.82, 2.24) is 15.0 Å². The first-order valence-corrected chi connectivity index (χ1v) is 9.65. The average Bonchev–Trinajstić information content (AvgIpc) is 3.18. The summed E-state index contributed by atoms with van der Waals surface area (Å²) in [5.74, 6) is 1.29. The monoisotopic (exact) mass is 384 g/mol. The van der Waals surface area contributed by atoms with Gasteiger partial charge in [-0.2, -0.15) is 0 Å². The van der Waals surface area contributed by atoms with Crippen molar-refractivity contribution < 1.29 is 4.74 Å². The number of benzene rings is 2. The Balaban J connectivity index is 1.74. The summed E-state index contributed by atoms with van der Waals surface area (Å²) < 4.78 is 5.63. The number of hydrogen-bond acceptors (Lipinski definition) is 6. The lowest BCUT2D eigenvalue weighted by Crippen LogP contribution is -1.93. The molecule has 0 fully saturated rings. The number of thiophene rings is 1. The van der Waals surface area contributed by atoms with Crippen molar-refractivity contribution in [3.63, 3.8) is 0 Å². The van der Waals surface area contributed by atoms with E-state index in [0.717, 1.165) is 49.3 Å². The molecule has 0 amide bonds. The summed E-state index contributed by atoms with van der Waals surface area (Å²) in [5, 5.41) is 3.92. The number of nitrogen functional groups attached to an aromatic ring is 1. The molecule has 5 nitrogen and oxygen atoms in total. The summed E-state index contributed by atoms with van der Waals surface area (Å²) >= 11 is 1.56. The summed E-state index contributed by atoms with van der Waals surface area (Å²) in [4.78, 5) is 14.2. The molecule has 0 aliphatic rings. The lowest BCUT2D eigenvalue weighted by Gasteiger charge is -2.10. The third-order valence-corrected chi connectivity index (χ3v) is 5.66. The molecule has 0 aliphatic heterocycles. The standard InChI is InChI=1S/C22H16N4OS/c1-27-19-10-17(13-5-3-2-4-6-13)26-18-9-14(7-8-15(18)19)16-11-28-22-20(16)21(23)24-12-25-22/h2-12H,1H3,(H2,23,24,25). The summed E-state index contributed by atoms with van der Waals surface area (Å²) in [6.45, 7) is 0. The van der Waals surface area contributed by atoms with E-state index in [4.69, 9.17) is 15.5 Å². The number of ether oxygens (including phenoxy) is 1. The number of rotatable bonds is 3. The van der Waals surface area contributed by atoms with E-state index >= 15 is 0 Å². The molecule has 136 valence electrons. The van der Waals surface area contributed by atoms with Crippen molar-refractivity contribution in [3.05, 3.63) is 66.3 Å². The molecule has 5 aromatic rings. The zero-order chi connectivity index (χ0) is 19.1. The molecule has 0 atom stereocenters. The second-order valence-corrected chi connectivity index (χ2v) is 7.25. The average molecular weight is 384 g/mol. The molecule has 0 aliphatic carbocycles. The molecule has 0 bridgehead atoms. The molecule has 2 N–H and O–H groups in total. The maximum absolute atomic E-state index is 6.12. The molecule has 3 aromatic heterocycles. The van der Waals surface area contributed by atoms with Gasteiger partial charge < -0.3 is 10.5 Å². The van der Waals surface area contributed by atoms with Crippen LogP contribution in [-0.4, -0.2) is 22.1 Å². The van der Waals surface area contributed by atoms with Crippen LogP contribution in [0.5, 0.6) is 5.75 Å². The van der Waals surface area contributed by atoms with Gasteiger partial charge in [0.1, 0.15) is 22.7 Å². The Morgan fingerprint density at radius 1 is 0.964 bits per heavy atom. The smallest absolute Gasteiger partial charge is 0.136 e. The third-order valence-electron chi connectivity index (χ3n) is 4.77. The predicted octanol–water partition coefficient (Wildman–Crippen LogP) is 5.16. The second kappa shape index (κ2) is 6.58. The first-order valence-electron chi connectivity index (χ1n) is 8.77. The first kappa shape index (κ1) is 16.6. The molecule has 0 unspecified atom stereocenters. The Morgan fingerprint density at radius 2 is 1.82 bits per heavy atom. The molecule has 0 radical (unpaired) electrons. The third kappa shape index (κ3) is 2.66. The largest absolute Gasteiger partial charge is 0.496 e. The number of pyridine rings is 1. The van der Waals surface area contributed by atoms with Crippen molar-refractivity contribution in [2.24, 2.45) is 0 Å². The van der Waals surface area contributed by atoms with Gasteiger partial charge in [0.15, 0.2) is 0 Å². The van der Waals surface area contributed by atoms with Crippen LogP contribution in [0.25, 0.3) is 43.5 Å². The number of nitrogens with two attached hydrogens (primary N) is 1. The maximum Gasteiger partial charge on any atom is 0.136 e. The predicted molar refractivity (Wildman–Crippen MR) is 115 cm³/mol. The normalized spacial score (nSPS) is 11.2. The summed E-state index contributed by atoms with van der Waals surface area (Å²) in [6, 6.07) is 18.2. The zero-order valence-electron chi connectivity index (χ0n) is 15.1. The molecular formula is C22H16N4OS. The number of nitrogens with zero attached hydrogens (tertiary/aromatic N) is 3. The Labute approximate surface area is 165 Å². The van der Waals surface area contributed by atoms with E-state index in [1.807, 2.05) is 42.5 Å². The van der Waals surface area contributed by atoms with Crippen LogP contribution in [0.2, 0.25) is 0 Å². The summed E-state index contributed by atoms with van der Waals surface area (Å²) in [7, 11) is 1.68. The number of methoxy groups -OCH3 is 1. The van der Waals surface area contributed by atoms with E-state index in [2.05, 4.69) is 27.5 Å². The Kier molecular flexibility index (Phi) is 3.91. The van der Waals surface area contributed by atoms with Gasteiger partial charge in [0.25, 0.3) is 0 Å². The van der Waals surface area contributed by atoms with Crippen molar-refractivity contribution in [1.29, 1.82) is 0 Å². The first-order chi connectivity index (χ1) is 13.7. The number of hydrogen-bond donors (Lipinski definition) is 1. The van der Waals surface area contributed by atoms with Gasteiger partial charge in [0.2, 0.25) is 0 Å². The Bertz CT molecular complexity index is 1310. The van der Waals surface area contributed by atoms with Gasteiger partial charge in [-0.1, -0.05) is 36.4 Å². The highest BCUT2D eigenvalue weighted by molar-refractivity contribution is 7.17. The fraction of sp³-hybridized carbons (Fsp3) is 0.0455. The van der Waals surface area contributed by atoms with Crippen LogP contribution in [0.3, 0.4) is 0 Å². The lowest BCUT2D eigenvalue weighted by atomic mass is 10.0. The van der Waals surface area contributed by atoms with Crippen LogP contribution in [0.4, 0.5) is 5.82 Å². The molecule has 6 heteroatoms. The number of aromatic nitrogens is 3. The van der Waals surface area contributed by atoms with Gasteiger partial charge in [-0.15, -0.1) is 11.3 Å². The van der Waals surface area contributed by atoms with Crippen LogP contribution < -0.4 is 10.5 Å². The topological polar surface area (TPSA) is 73.9 Å². The van der Waals surface area contributed by atoms with Gasteiger partial charge >= 0.3 is 0 Å². The number of fused-ring (bicyclic) bond motifs is 2. The summed E-state index contributed by atoms with van der Waals surface area (Å²) in [6.07, 6.45) is 1.50. The lowest BCUT2D eigenvalue weighted by molar-refractivity contribution is 0.419. The van der Waals surface area contributed by atoms with Crippen LogP contribution in [0.15, 0.2) is 66.3 Å². The van der Waals surface area contributed by atoms with Crippen molar-refractivity contribution in [2.75, 3.05) is 12.8 Å². The van der Waals surface area contributed by atoms with E-state index < -0.39 is 0 Å². The van der Waals surface area contributed by atoms with Gasteiger partial charge in [-0.25, -0.2) is 15.0 Å². The molecule has 3 heterocycles. The highest BCUT2D eigenvalue weighted by Crippen LogP contribution is 2.38. The fourth-order valence-electron chi connectivity index (χ4n) is 3.40. The van der Waals surface area contributed by atoms with Crippen LogP contribution in [0.1, 0.15) is 0 Å². The van der Waals surface area contributed by atoms with Gasteiger partial charge in [-0.05, 0) is 17.7 Å². The maximum atomic E-state index is 6.12. The Morgan fingerprint density at radius 3 is 2.64 bits per heavy atom. The van der Waals surface area contributed by atoms with Gasteiger partial charge in [-0.3, -0.25) is 0 Å². The van der Waals surface area contributed by atoms with Crippen LogP contribution in [0, 0.1) is 0 Å². The SMILES string of the molecule is COc1cc(-c2ccccc2)nc2cc(-c3csc4ncnc(N)c34)ccc12. The van der Waals surface area contributed by atoms with Crippen LogP contribution in [-0.2, 0) is 0 Å². The molecule has 28 heavy (non-hydrogen) atoms. The van der Waals surface area contributed by atoms with Crippen molar-refractivity contribution >= 4 is 38.3 Å². The summed E-state index contributed by atoms with van der Waals surface area (Å²) in [5.41, 5.74) is 11.0. The van der Waals surface area contributed by atoms with Crippen LogP contribution >= 0.6 is 11.3 Å². The molecule has 0 spiro atoms. The molecule has 0 saturated carbocycles. The van der Waals surface area contributed by atoms with Crippen molar-refractivity contribution in [2.45, 2.75) is 0 Å².